The number of hydrogen-bond acceptors (Lipinski definition) is 4. The van der Waals surface area contributed by atoms with Crippen LogP contribution in [0.25, 0.3) is 10.9 Å². The van der Waals surface area contributed by atoms with Gasteiger partial charge in [0.1, 0.15) is 0 Å². The molecule has 0 spiro atoms. The Hall–Kier alpha value is -2.70. The summed E-state index contributed by atoms with van der Waals surface area (Å²) in [6.07, 6.45) is 0. The van der Waals surface area contributed by atoms with Gasteiger partial charge in [-0.2, -0.15) is 5.10 Å². The van der Waals surface area contributed by atoms with Gasteiger partial charge in [0.05, 0.1) is 11.6 Å². The monoisotopic (exact) mass is 377 g/mol. The molecule has 1 fully saturated rings. The number of aromatic nitrogens is 2. The van der Waals surface area contributed by atoms with Crippen LogP contribution in [-0.2, 0) is 6.54 Å². The zero-order chi connectivity index (χ0) is 19.5. The number of nitrogens with zero attached hydrogens (tertiary/aromatic N) is 3. The maximum absolute atomic E-state index is 12.9. The second-order valence-corrected chi connectivity index (χ2v) is 7.76. The molecule has 146 valence electrons. The largest absolute Gasteiger partial charge is 0.345 e. The number of fused-ring (bicyclic) bond motifs is 1. The molecule has 6 heteroatoms. The van der Waals surface area contributed by atoms with E-state index < -0.39 is 0 Å². The highest BCUT2D eigenvalue weighted by Gasteiger charge is 2.27. The first-order chi connectivity index (χ1) is 13.6. The lowest BCUT2D eigenvalue weighted by Crippen LogP contribution is -2.46. The number of para-hydroxylation sites is 1. The first-order valence-corrected chi connectivity index (χ1v) is 9.80. The fourth-order valence-corrected chi connectivity index (χ4v) is 3.94. The van der Waals surface area contributed by atoms with Crippen LogP contribution in [0.4, 0.5) is 0 Å². The quantitative estimate of drug-likeness (QED) is 0.733. The minimum atomic E-state index is -0.120. The molecule has 0 radical (unpaired) electrons. The number of amides is 1. The van der Waals surface area contributed by atoms with Gasteiger partial charge in [-0.25, -0.2) is 0 Å². The Morgan fingerprint density at radius 1 is 1.11 bits per heavy atom. The average molecular weight is 377 g/mol. The molecule has 0 aliphatic carbocycles. The van der Waals surface area contributed by atoms with E-state index in [0.717, 1.165) is 37.1 Å². The van der Waals surface area contributed by atoms with Crippen molar-refractivity contribution in [3.8, 4) is 0 Å². The van der Waals surface area contributed by atoms with E-state index in [0.29, 0.717) is 11.7 Å². The summed E-state index contributed by atoms with van der Waals surface area (Å²) in [4.78, 5) is 17.7. The molecule has 1 saturated heterocycles. The van der Waals surface area contributed by atoms with E-state index in [2.05, 4.69) is 63.6 Å². The third-order valence-electron chi connectivity index (χ3n) is 5.53. The molecule has 2 aromatic carbocycles. The maximum atomic E-state index is 12.9. The molecule has 2 atom stereocenters. The Labute approximate surface area is 165 Å². The van der Waals surface area contributed by atoms with Crippen LogP contribution in [0.3, 0.4) is 0 Å². The van der Waals surface area contributed by atoms with Crippen molar-refractivity contribution in [3.05, 3.63) is 65.9 Å². The summed E-state index contributed by atoms with van der Waals surface area (Å²) in [7, 11) is 2.12. The number of benzene rings is 2. The fraction of sp³-hybridized carbons (Fsp3) is 0.364. The first-order valence-electron chi connectivity index (χ1n) is 9.80. The van der Waals surface area contributed by atoms with Crippen molar-refractivity contribution < 1.29 is 4.79 Å². The standard InChI is InChI=1S/C22H27N5O/c1-16-12-27(13-17-8-4-3-5-9-17)15-18(14-26(16)2)23-22(28)21-19-10-6-7-11-20(19)24-25-21/h3-11,16,18H,12-15H2,1-2H3,(H,23,28)(H,24,25). The Morgan fingerprint density at radius 2 is 1.86 bits per heavy atom. The highest BCUT2D eigenvalue weighted by Crippen LogP contribution is 2.16. The molecule has 1 amide bonds. The normalized spacial score (nSPS) is 21.5. The SMILES string of the molecule is CC1CN(Cc2ccccc2)CC(NC(=O)c2n[nH]c3ccccc23)CN1C. The van der Waals surface area contributed by atoms with Crippen LogP contribution in [0.15, 0.2) is 54.6 Å². The van der Waals surface area contributed by atoms with Crippen molar-refractivity contribution >= 4 is 16.8 Å². The van der Waals surface area contributed by atoms with E-state index in [1.807, 2.05) is 30.3 Å². The predicted molar refractivity (Wildman–Crippen MR) is 111 cm³/mol. The molecule has 2 N–H and O–H groups in total. The van der Waals surface area contributed by atoms with Gasteiger partial charge in [-0.15, -0.1) is 0 Å². The van der Waals surface area contributed by atoms with Gasteiger partial charge in [-0.3, -0.25) is 14.8 Å². The topological polar surface area (TPSA) is 64.3 Å². The summed E-state index contributed by atoms with van der Waals surface area (Å²) >= 11 is 0. The summed E-state index contributed by atoms with van der Waals surface area (Å²) in [5, 5.41) is 11.3. The highest BCUT2D eigenvalue weighted by atomic mass is 16.2. The number of likely N-dealkylation sites (N-methyl/N-ethyl adjacent to an activating group) is 1. The molecule has 2 heterocycles. The Kier molecular flexibility index (Phi) is 5.41. The molecule has 1 aliphatic heterocycles. The smallest absolute Gasteiger partial charge is 0.272 e. The lowest BCUT2D eigenvalue weighted by molar-refractivity contribution is 0.0920. The molecular weight excluding hydrogens is 350 g/mol. The van der Waals surface area contributed by atoms with Gasteiger partial charge < -0.3 is 10.2 Å². The molecule has 6 nitrogen and oxygen atoms in total. The maximum Gasteiger partial charge on any atom is 0.272 e. The van der Waals surface area contributed by atoms with Gasteiger partial charge >= 0.3 is 0 Å². The van der Waals surface area contributed by atoms with Crippen LogP contribution >= 0.6 is 0 Å². The van der Waals surface area contributed by atoms with E-state index in [1.165, 1.54) is 5.56 Å². The van der Waals surface area contributed by atoms with Crippen LogP contribution in [0.5, 0.6) is 0 Å². The van der Waals surface area contributed by atoms with Crippen LogP contribution in [0, 0.1) is 0 Å². The van der Waals surface area contributed by atoms with Crippen LogP contribution < -0.4 is 5.32 Å². The van der Waals surface area contributed by atoms with E-state index >= 15 is 0 Å². The lowest BCUT2D eigenvalue weighted by atomic mass is 10.1. The van der Waals surface area contributed by atoms with E-state index in [4.69, 9.17) is 0 Å². The number of rotatable bonds is 4. The van der Waals surface area contributed by atoms with Crippen molar-refractivity contribution in [1.29, 1.82) is 0 Å². The molecule has 4 rings (SSSR count). The number of nitrogens with one attached hydrogen (secondary N) is 2. The fourth-order valence-electron chi connectivity index (χ4n) is 3.94. The van der Waals surface area contributed by atoms with E-state index in [1.54, 1.807) is 0 Å². The number of aromatic amines is 1. The number of carbonyl (C=O) groups is 1. The van der Waals surface area contributed by atoms with Crippen LogP contribution in [-0.4, -0.2) is 64.7 Å². The third-order valence-corrected chi connectivity index (χ3v) is 5.53. The third kappa shape index (κ3) is 4.08. The molecule has 0 bridgehead atoms. The predicted octanol–water partition coefficient (Wildman–Crippen LogP) is 2.50. The van der Waals surface area contributed by atoms with Gasteiger partial charge in [-0.1, -0.05) is 48.5 Å². The average Bonchev–Trinajstić information content (AvgIpc) is 3.07. The van der Waals surface area contributed by atoms with Gasteiger partial charge in [0.2, 0.25) is 0 Å². The molecule has 2 unspecified atom stereocenters. The second kappa shape index (κ2) is 8.12. The number of carbonyl (C=O) groups excluding carboxylic acids is 1. The Morgan fingerprint density at radius 3 is 2.68 bits per heavy atom. The van der Waals surface area contributed by atoms with Crippen molar-refractivity contribution in [3.63, 3.8) is 0 Å². The molecule has 0 saturated carbocycles. The van der Waals surface area contributed by atoms with E-state index in [-0.39, 0.29) is 11.9 Å². The number of H-pyrrole nitrogens is 1. The lowest BCUT2D eigenvalue weighted by Gasteiger charge is -2.25. The van der Waals surface area contributed by atoms with Crippen molar-refractivity contribution in [2.24, 2.45) is 0 Å². The summed E-state index contributed by atoms with van der Waals surface area (Å²) in [6.45, 7) is 5.74. The molecule has 1 aliphatic rings. The minimum Gasteiger partial charge on any atom is -0.345 e. The van der Waals surface area contributed by atoms with Crippen molar-refractivity contribution in [1.82, 2.24) is 25.3 Å². The van der Waals surface area contributed by atoms with E-state index in [9.17, 15) is 4.79 Å². The highest BCUT2D eigenvalue weighted by molar-refractivity contribution is 6.04. The summed E-state index contributed by atoms with van der Waals surface area (Å²) < 4.78 is 0. The van der Waals surface area contributed by atoms with Gasteiger partial charge in [-0.05, 0) is 25.6 Å². The molecule has 3 aromatic rings. The van der Waals surface area contributed by atoms with Crippen molar-refractivity contribution in [2.45, 2.75) is 25.6 Å². The van der Waals surface area contributed by atoms with Crippen LogP contribution in [0.1, 0.15) is 23.0 Å². The van der Waals surface area contributed by atoms with Gasteiger partial charge in [0.25, 0.3) is 5.91 Å². The second-order valence-electron chi connectivity index (χ2n) is 7.76. The Balaban J connectivity index is 1.49. The van der Waals surface area contributed by atoms with Crippen LogP contribution in [0.2, 0.25) is 0 Å². The zero-order valence-electron chi connectivity index (χ0n) is 16.4. The summed E-state index contributed by atoms with van der Waals surface area (Å²) in [6, 6.07) is 18.7. The van der Waals surface area contributed by atoms with Gasteiger partial charge in [0.15, 0.2) is 5.69 Å². The van der Waals surface area contributed by atoms with Crippen molar-refractivity contribution in [2.75, 3.05) is 26.7 Å². The first kappa shape index (κ1) is 18.7. The molecule has 28 heavy (non-hydrogen) atoms. The Bertz CT molecular complexity index is 938. The zero-order valence-corrected chi connectivity index (χ0v) is 16.4. The minimum absolute atomic E-state index is 0.0432. The molecule has 1 aromatic heterocycles. The molecular formula is C22H27N5O. The summed E-state index contributed by atoms with van der Waals surface area (Å²) in [5.41, 5.74) is 2.64. The summed E-state index contributed by atoms with van der Waals surface area (Å²) in [5.74, 6) is -0.120. The number of hydrogen-bond donors (Lipinski definition) is 2. The van der Waals surface area contributed by atoms with Gasteiger partial charge in [0, 0.05) is 37.6 Å².